The van der Waals surface area contributed by atoms with Gasteiger partial charge in [-0.3, -0.25) is 9.97 Å². The van der Waals surface area contributed by atoms with Crippen LogP contribution in [-0.2, 0) is 28.4 Å². The summed E-state index contributed by atoms with van der Waals surface area (Å²) in [5, 5.41) is 0. The third kappa shape index (κ3) is 59.9. The summed E-state index contributed by atoms with van der Waals surface area (Å²) in [6, 6.07) is 29.7. The number of nitrogens with zero attached hydrogens (tertiary/aromatic N) is 4. The van der Waals surface area contributed by atoms with Gasteiger partial charge in [0.2, 0.25) is 0 Å². The molecule has 0 spiro atoms. The standard InChI is InChI=1S/2C8H8F2.2C8H9F.C8H16.2C8H14.C8H10.C7H8FN.C7H9N.2C7H14O.C6H8N2.2C6H12O2/c2*1-5-3-7(9)6(2)8(10)4-5;2*1-6-3-4-7(2)8(9)5-6;4*1-7-3-5-8(2)6-4-7;1-5-3-7(8)6(2)9-4-5;3*1-6-3-4-7(2)8-5-6;3*1-5-3-7-6(2)8-4-5/h2*3-4H,1-2H3;2*3-5H,1-2H3;7-8H,3-6H2,1-2H3;2*3,8H,4-6H2,1-2H3;3-6H,1-2H3;3-4H,1-2H3;3-5H,1-2H3;2*6-7H,3-5H2,1-2H3;3-4H,1-2H3;2*5-6H,3-4H2,1-2H3. The van der Waals surface area contributed by atoms with E-state index in [2.05, 4.69) is 159 Å². The summed E-state index contributed by atoms with van der Waals surface area (Å²) in [7, 11) is 0. The van der Waals surface area contributed by atoms with E-state index >= 15 is 0 Å². The van der Waals surface area contributed by atoms with E-state index in [1.165, 1.54) is 163 Å². The second-order valence-corrected chi connectivity index (χ2v) is 36.8. The molecule has 4 aliphatic heterocycles. The highest BCUT2D eigenvalue weighted by Gasteiger charge is 2.18. The Labute approximate surface area is 765 Å². The van der Waals surface area contributed by atoms with E-state index in [4.69, 9.17) is 28.4 Å². The molecule has 127 heavy (non-hydrogen) atoms. The lowest BCUT2D eigenvalue weighted by Gasteiger charge is -2.24. The molecular weight excluding hydrogens is 1610 g/mol. The summed E-state index contributed by atoms with van der Waals surface area (Å²) < 4.78 is 120. The molecular formula is C110H165F7N4O6. The molecule has 0 amide bonds. The Morgan fingerprint density at radius 1 is 0.252 bits per heavy atom. The highest BCUT2D eigenvalue weighted by atomic mass is 19.2. The average Bonchev–Trinajstić information content (AvgIpc) is 0.866. The fourth-order valence-corrected chi connectivity index (χ4v) is 12.2. The van der Waals surface area contributed by atoms with Gasteiger partial charge in [-0.15, -0.1) is 0 Å². The van der Waals surface area contributed by atoms with Crippen molar-refractivity contribution in [1.29, 1.82) is 0 Å². The maximum absolute atomic E-state index is 12.6. The summed E-state index contributed by atoms with van der Waals surface area (Å²) in [5.41, 5.74) is 15.3. The number of hydrogen-bond acceptors (Lipinski definition) is 10. The Balaban J connectivity index is 0.000000681. The van der Waals surface area contributed by atoms with E-state index < -0.39 is 23.3 Å². The molecule has 3 aliphatic carbocycles. The Hall–Kier alpha value is -7.77. The lowest BCUT2D eigenvalue weighted by atomic mass is 9.84. The van der Waals surface area contributed by atoms with Crippen LogP contribution in [0.4, 0.5) is 30.7 Å². The minimum atomic E-state index is -0.475. The summed E-state index contributed by atoms with van der Waals surface area (Å²) in [5.74, 6) is 5.14. The number of hydrogen-bond donors (Lipinski definition) is 0. The normalized spacial score (nSPS) is 21.6. The minimum Gasteiger partial charge on any atom is -0.378 e. The van der Waals surface area contributed by atoms with Gasteiger partial charge in [-0.2, -0.15) is 0 Å². The Bertz CT molecular complexity index is 3690. The summed E-state index contributed by atoms with van der Waals surface area (Å²) in [4.78, 5) is 15.8. The van der Waals surface area contributed by atoms with Crippen molar-refractivity contribution in [3.63, 3.8) is 0 Å². The van der Waals surface area contributed by atoms with E-state index in [0.717, 1.165) is 109 Å². The molecule has 7 aliphatic rings. The van der Waals surface area contributed by atoms with Gasteiger partial charge >= 0.3 is 0 Å². The van der Waals surface area contributed by atoms with Gasteiger partial charge in [0.25, 0.3) is 0 Å². The number of aryl methyl sites for hydroxylation is 14. The fraction of sp³-hybridized carbons (Fsp3) is 0.564. The summed E-state index contributed by atoms with van der Waals surface area (Å²) in [6.45, 7) is 65.0. The average molecular weight is 1770 g/mol. The van der Waals surface area contributed by atoms with Crippen LogP contribution in [-0.4, -0.2) is 84.4 Å². The highest BCUT2D eigenvalue weighted by Crippen LogP contribution is 2.28. The molecule has 0 radical (unpaired) electrons. The molecule has 4 saturated heterocycles. The van der Waals surface area contributed by atoms with Gasteiger partial charge in [-0.25, -0.2) is 40.7 Å². The molecule has 10 nitrogen and oxygen atoms in total. The summed E-state index contributed by atoms with van der Waals surface area (Å²) in [6.07, 6.45) is 32.1. The van der Waals surface area contributed by atoms with Crippen LogP contribution in [0.2, 0.25) is 0 Å². The highest BCUT2D eigenvalue weighted by molar-refractivity contribution is 5.26. The molecule has 1 saturated carbocycles. The molecule has 3 aromatic heterocycles. The van der Waals surface area contributed by atoms with E-state index in [-0.39, 0.29) is 41.2 Å². The Kier molecular flexibility index (Phi) is 61.5. The van der Waals surface area contributed by atoms with Gasteiger partial charge in [0.15, 0.2) is 12.6 Å². The van der Waals surface area contributed by atoms with Crippen molar-refractivity contribution in [2.75, 3.05) is 39.6 Å². The summed E-state index contributed by atoms with van der Waals surface area (Å²) >= 11 is 0. The Morgan fingerprint density at radius 2 is 0.551 bits per heavy atom. The topological polar surface area (TPSA) is 107 Å². The second kappa shape index (κ2) is 66.6. The number of halogens is 7. The lowest BCUT2D eigenvalue weighted by Crippen LogP contribution is -2.27. The monoisotopic (exact) mass is 1770 g/mol. The molecule has 6 atom stereocenters. The second-order valence-electron chi connectivity index (χ2n) is 36.8. The van der Waals surface area contributed by atoms with Crippen molar-refractivity contribution in [3.05, 3.63) is 281 Å². The van der Waals surface area contributed by atoms with Crippen LogP contribution in [0.15, 0.2) is 151 Å². The zero-order chi connectivity index (χ0) is 95.8. The molecule has 7 heterocycles. The molecule has 0 bridgehead atoms. The third-order valence-corrected chi connectivity index (χ3v) is 21.9. The molecule has 6 unspecified atom stereocenters. The van der Waals surface area contributed by atoms with Crippen LogP contribution < -0.4 is 0 Å². The van der Waals surface area contributed by atoms with Crippen molar-refractivity contribution in [3.8, 4) is 0 Å². The van der Waals surface area contributed by atoms with E-state index in [1.807, 2.05) is 99.1 Å². The third-order valence-electron chi connectivity index (χ3n) is 21.9. The van der Waals surface area contributed by atoms with Gasteiger partial charge in [-0.1, -0.05) is 170 Å². The van der Waals surface area contributed by atoms with Gasteiger partial charge in [0.1, 0.15) is 46.5 Å². The van der Waals surface area contributed by atoms with Gasteiger partial charge in [0, 0.05) is 66.7 Å². The largest absolute Gasteiger partial charge is 0.378 e. The molecule has 0 N–H and O–H groups in total. The molecule has 8 aromatic rings. The van der Waals surface area contributed by atoms with Crippen molar-refractivity contribution >= 4 is 0 Å². The maximum atomic E-state index is 12.6. The van der Waals surface area contributed by atoms with Crippen molar-refractivity contribution < 1.29 is 59.2 Å². The number of aromatic nitrogens is 4. The van der Waals surface area contributed by atoms with Gasteiger partial charge in [-0.05, 0) is 351 Å². The molecule has 17 heteroatoms. The first-order valence-corrected chi connectivity index (χ1v) is 46.3. The first kappa shape index (κ1) is 117. The molecule has 5 aromatic carbocycles. The van der Waals surface area contributed by atoms with Gasteiger partial charge < -0.3 is 28.4 Å². The molecule has 15 rings (SSSR count). The molecule has 5 fully saturated rings. The van der Waals surface area contributed by atoms with Crippen LogP contribution in [0.25, 0.3) is 0 Å². The van der Waals surface area contributed by atoms with Crippen LogP contribution >= 0.6 is 0 Å². The van der Waals surface area contributed by atoms with E-state index in [1.54, 1.807) is 64.1 Å². The zero-order valence-corrected chi connectivity index (χ0v) is 83.7. The van der Waals surface area contributed by atoms with Crippen molar-refractivity contribution in [1.82, 2.24) is 19.9 Å². The van der Waals surface area contributed by atoms with Crippen LogP contribution in [0.1, 0.15) is 276 Å². The van der Waals surface area contributed by atoms with E-state index in [0.29, 0.717) is 52.0 Å². The van der Waals surface area contributed by atoms with Crippen LogP contribution in [0.5, 0.6) is 0 Å². The number of benzene rings is 5. The van der Waals surface area contributed by atoms with Crippen molar-refractivity contribution in [2.45, 2.75) is 322 Å². The quantitative estimate of drug-likeness (QED) is 0.108. The van der Waals surface area contributed by atoms with Crippen molar-refractivity contribution in [2.24, 2.45) is 47.3 Å². The smallest absolute Gasteiger partial charge is 0.154 e. The first-order chi connectivity index (χ1) is 59.7. The predicted molar refractivity (Wildman–Crippen MR) is 517 cm³/mol. The minimum absolute atomic E-state index is 0.0196. The molecule has 710 valence electrons. The maximum Gasteiger partial charge on any atom is 0.154 e. The number of pyridine rings is 2. The SMILES string of the molecule is CC1=CCC(C)CC1.CC1=CCC(C)CC1.CC1CCC(C)CC1.CC1CCC(C)OC1.CC1CCC(C)OC1.CC1COC(C)OC1.CC1COC(C)OC1.Cc1cc(F)c(C)c(F)c1.Cc1cc(F)c(C)c(F)c1.Cc1ccc(C)c(F)c1.Cc1ccc(C)c(F)c1.Cc1ccc(C)cc1.Cc1ccc(C)nc1.Cc1cnc(C)c(F)c1.Cc1cnc(C)nc1. The zero-order valence-electron chi connectivity index (χ0n) is 83.7. The number of allylic oxidation sites excluding steroid dienone is 4. The number of ether oxygens (including phenoxy) is 6. The number of rotatable bonds is 0. The van der Waals surface area contributed by atoms with Crippen LogP contribution in [0.3, 0.4) is 0 Å². The fourth-order valence-electron chi connectivity index (χ4n) is 12.2. The Morgan fingerprint density at radius 3 is 0.795 bits per heavy atom. The predicted octanol–water partition coefficient (Wildman–Crippen LogP) is 31.0. The van der Waals surface area contributed by atoms with E-state index in [9.17, 15) is 30.7 Å². The lowest BCUT2D eigenvalue weighted by molar-refractivity contribution is -0.187. The van der Waals surface area contributed by atoms with Gasteiger partial charge in [0.05, 0.1) is 44.3 Å². The van der Waals surface area contributed by atoms with Crippen LogP contribution in [0, 0.1) is 199 Å². The first-order valence-electron chi connectivity index (χ1n) is 46.3.